The SMILES string of the molecule is CCCC1=[C-]CC(c2ccccc2)=C1.CCCC1=[C-]CC(c2ccccc2)=C1.C[Si](C)=[Hf+2].[Cl-].[Cl-]. The first kappa shape index (κ1) is 33.1. The Balaban J connectivity index is 0.000000528. The van der Waals surface area contributed by atoms with Gasteiger partial charge in [0, 0.05) is 0 Å². The van der Waals surface area contributed by atoms with Gasteiger partial charge in [-0.3, -0.25) is 12.2 Å². The number of hydrogen-bond donors (Lipinski definition) is 0. The van der Waals surface area contributed by atoms with Crippen molar-refractivity contribution in [2.24, 2.45) is 0 Å². The topological polar surface area (TPSA) is 0 Å². The van der Waals surface area contributed by atoms with Gasteiger partial charge in [0.15, 0.2) is 0 Å². The quantitative estimate of drug-likeness (QED) is 0.327. The number of allylic oxidation sites excluding steroid dienone is 8. The fourth-order valence-electron chi connectivity index (χ4n) is 3.58. The van der Waals surface area contributed by atoms with E-state index in [1.54, 1.807) is 0 Å². The Bertz CT molecular complexity index is 894. The van der Waals surface area contributed by atoms with E-state index in [0.29, 0.717) is 0 Å². The summed E-state index contributed by atoms with van der Waals surface area (Å²) in [5, 5.41) is 0. The largest absolute Gasteiger partial charge is 1.00 e. The number of benzene rings is 2. The van der Waals surface area contributed by atoms with Gasteiger partial charge in [-0.05, 0) is 11.1 Å². The minimum Gasteiger partial charge on any atom is -1.00 e. The van der Waals surface area contributed by atoms with Gasteiger partial charge in [0.05, 0.1) is 0 Å². The molecule has 0 saturated heterocycles. The number of halogens is 2. The van der Waals surface area contributed by atoms with Crippen LogP contribution >= 0.6 is 0 Å². The van der Waals surface area contributed by atoms with Gasteiger partial charge in [0.2, 0.25) is 0 Å². The predicted molar refractivity (Wildman–Crippen MR) is 139 cm³/mol. The fraction of sp³-hybridized carbons (Fsp3) is 0.333. The van der Waals surface area contributed by atoms with E-state index in [9.17, 15) is 0 Å². The minimum absolute atomic E-state index is 0. The molecule has 0 fully saturated rings. The van der Waals surface area contributed by atoms with Crippen LogP contribution in [0.25, 0.3) is 11.1 Å². The predicted octanol–water partition coefficient (Wildman–Crippen LogP) is 2.80. The summed E-state index contributed by atoms with van der Waals surface area (Å²) in [6, 6.07) is 21.2. The Morgan fingerprint density at radius 3 is 1.29 bits per heavy atom. The van der Waals surface area contributed by atoms with Gasteiger partial charge in [-0.25, -0.2) is 23.3 Å². The molecule has 4 rings (SSSR count). The van der Waals surface area contributed by atoms with Crippen molar-refractivity contribution in [3.8, 4) is 0 Å². The van der Waals surface area contributed by atoms with Gasteiger partial charge >= 0.3 is 41.6 Å². The van der Waals surface area contributed by atoms with Crippen molar-refractivity contribution in [1.82, 2.24) is 0 Å². The number of hydrogen-bond acceptors (Lipinski definition) is 0. The molecule has 0 amide bonds. The molecule has 0 radical (unpaired) electrons. The molecule has 0 aromatic heterocycles. The van der Waals surface area contributed by atoms with E-state index in [4.69, 9.17) is 0 Å². The Hall–Kier alpha value is -0.933. The third kappa shape index (κ3) is 12.7. The van der Waals surface area contributed by atoms with Crippen LogP contribution in [-0.4, -0.2) is 5.49 Å². The van der Waals surface area contributed by atoms with E-state index in [2.05, 4.69) is 112 Å². The molecule has 180 valence electrons. The maximum Gasteiger partial charge on any atom is -1.00 e. The summed E-state index contributed by atoms with van der Waals surface area (Å²) in [5.41, 5.74) is 8.52. The first-order valence-electron chi connectivity index (χ1n) is 11.8. The molecule has 0 N–H and O–H groups in total. The van der Waals surface area contributed by atoms with Crippen LogP contribution in [0.5, 0.6) is 0 Å². The van der Waals surface area contributed by atoms with Gasteiger partial charge in [-0.1, -0.05) is 100 Å². The van der Waals surface area contributed by atoms with E-state index in [-0.39, 0.29) is 30.3 Å². The Kier molecular flexibility index (Phi) is 18.7. The van der Waals surface area contributed by atoms with Crippen LogP contribution in [0.2, 0.25) is 13.1 Å². The minimum atomic E-state index is 0. The Morgan fingerprint density at radius 1 is 0.676 bits per heavy atom. The molecule has 0 aliphatic heterocycles. The second-order valence-electron chi connectivity index (χ2n) is 8.33. The molecule has 0 spiro atoms. The van der Waals surface area contributed by atoms with E-state index in [0.717, 1.165) is 25.7 Å². The van der Waals surface area contributed by atoms with Crippen LogP contribution < -0.4 is 24.8 Å². The van der Waals surface area contributed by atoms with E-state index >= 15 is 0 Å². The molecule has 2 aliphatic carbocycles. The van der Waals surface area contributed by atoms with Gasteiger partial charge < -0.3 is 24.8 Å². The average molecular weight is 674 g/mol. The van der Waals surface area contributed by atoms with Gasteiger partial charge in [0.25, 0.3) is 0 Å². The summed E-state index contributed by atoms with van der Waals surface area (Å²) in [7, 11) is 0. The second-order valence-corrected chi connectivity index (χ2v) is 21.1. The Labute approximate surface area is 235 Å². The summed E-state index contributed by atoms with van der Waals surface area (Å²) in [5.74, 6) is 0. The molecule has 0 unspecified atom stereocenters. The molecule has 2 aromatic carbocycles. The summed E-state index contributed by atoms with van der Waals surface area (Å²) in [6.07, 6.45) is 18.2. The zero-order valence-corrected chi connectivity index (χ0v) is 27.0. The maximum absolute atomic E-state index is 3.43. The van der Waals surface area contributed by atoms with Crippen molar-refractivity contribution in [2.75, 3.05) is 0 Å². The molecule has 0 heterocycles. The summed E-state index contributed by atoms with van der Waals surface area (Å²) < 4.78 is 0. The molecule has 34 heavy (non-hydrogen) atoms. The Morgan fingerprint density at radius 2 is 1.00 bits per heavy atom. The van der Waals surface area contributed by atoms with Crippen LogP contribution in [0.4, 0.5) is 0 Å². The molecule has 4 heteroatoms. The molecule has 0 saturated carbocycles. The van der Waals surface area contributed by atoms with Crippen molar-refractivity contribution < 1.29 is 47.8 Å². The summed E-state index contributed by atoms with van der Waals surface area (Å²) in [6.45, 7) is 9.08. The van der Waals surface area contributed by atoms with Crippen molar-refractivity contribution in [3.63, 3.8) is 0 Å². The van der Waals surface area contributed by atoms with Crippen molar-refractivity contribution >= 4 is 16.6 Å². The first-order valence-corrected chi connectivity index (χ1v) is 19.7. The maximum atomic E-state index is 3.43. The molecular weight excluding hydrogens is 638 g/mol. The normalized spacial score (nSPS) is 13.4. The van der Waals surface area contributed by atoms with Crippen molar-refractivity contribution in [1.29, 1.82) is 0 Å². The molecule has 0 bridgehead atoms. The van der Waals surface area contributed by atoms with Crippen molar-refractivity contribution in [2.45, 2.75) is 65.5 Å². The smallest absolute Gasteiger partial charge is 1.00 e. The van der Waals surface area contributed by atoms with Gasteiger partial charge in [-0.2, -0.15) is 0 Å². The zero-order valence-electron chi connectivity index (χ0n) is 20.9. The first-order chi connectivity index (χ1) is 15.5. The van der Waals surface area contributed by atoms with Crippen molar-refractivity contribution in [3.05, 3.63) is 107 Å². The molecule has 2 aromatic rings. The van der Waals surface area contributed by atoms with E-state index in [1.165, 1.54) is 69.3 Å². The second kappa shape index (κ2) is 19.3. The monoisotopic (exact) mass is 674 g/mol. The summed E-state index contributed by atoms with van der Waals surface area (Å²) >= 11 is 1.45. The fourth-order valence-corrected chi connectivity index (χ4v) is 3.58. The van der Waals surface area contributed by atoms with Crippen LogP contribution in [0.15, 0.2) is 84.0 Å². The van der Waals surface area contributed by atoms with E-state index in [1.807, 2.05) is 0 Å². The third-order valence-corrected chi connectivity index (χ3v) is 5.04. The number of rotatable bonds is 6. The molecular formula is C30H36Cl2HfSi-2. The standard InChI is InChI=1S/2C14H15.C2H6Si.2ClH.Hf/c2*1-2-6-12-9-10-14(11-12)13-7-4-3-5-8-13;1-3-2;;;/h2*3-5,7-8,11H,2,6,10H2,1H3;1-2H3;2*1H;/q2*-1;;;;+2/p-2. The van der Waals surface area contributed by atoms with E-state index < -0.39 is 0 Å². The molecule has 0 atom stereocenters. The summed E-state index contributed by atoms with van der Waals surface area (Å²) in [4.78, 5) is 0. The van der Waals surface area contributed by atoms with Crippen LogP contribution in [-0.2, 0) is 23.0 Å². The van der Waals surface area contributed by atoms with Gasteiger partial charge in [0.1, 0.15) is 0 Å². The van der Waals surface area contributed by atoms with Crippen LogP contribution in [0, 0.1) is 12.2 Å². The van der Waals surface area contributed by atoms with Crippen LogP contribution in [0.1, 0.15) is 63.5 Å². The molecule has 2 aliphatic rings. The van der Waals surface area contributed by atoms with Gasteiger partial charge in [-0.15, -0.1) is 24.0 Å². The van der Waals surface area contributed by atoms with Crippen LogP contribution in [0.3, 0.4) is 0 Å². The zero-order chi connectivity index (χ0) is 23.2. The molecule has 0 nitrogen and oxygen atoms in total. The average Bonchev–Trinajstić information content (AvgIpc) is 3.46. The third-order valence-electron chi connectivity index (χ3n) is 5.04.